The second-order valence-electron chi connectivity index (χ2n) is 4.27. The van der Waals surface area contributed by atoms with Crippen LogP contribution in [-0.2, 0) is 4.79 Å². The molecule has 6 nitrogen and oxygen atoms in total. The minimum absolute atomic E-state index is 0.209. The number of unbranched alkanes of at least 4 members (excludes halogenated alkanes) is 1. The van der Waals surface area contributed by atoms with Gasteiger partial charge in [-0.3, -0.25) is 9.59 Å². The van der Waals surface area contributed by atoms with Crippen LogP contribution < -0.4 is 14.8 Å². The topological polar surface area (TPSA) is 84.9 Å². The lowest BCUT2D eigenvalue weighted by Crippen LogP contribution is -2.29. The number of nitrogens with one attached hydrogen (secondary N) is 1. The maximum Gasteiger partial charge on any atom is 0.322 e. The molecule has 0 saturated carbocycles. The zero-order chi connectivity index (χ0) is 15.8. The van der Waals surface area contributed by atoms with E-state index in [-0.39, 0.29) is 10.6 Å². The normalized spacial score (nSPS) is 10.0. The summed E-state index contributed by atoms with van der Waals surface area (Å²) in [5, 5.41) is 11.0. The van der Waals surface area contributed by atoms with Gasteiger partial charge in [-0.1, -0.05) is 24.9 Å². The van der Waals surface area contributed by atoms with Crippen LogP contribution in [0.4, 0.5) is 0 Å². The van der Waals surface area contributed by atoms with Gasteiger partial charge in [0.15, 0.2) is 11.5 Å². The molecule has 0 spiro atoms. The molecule has 0 aromatic heterocycles. The van der Waals surface area contributed by atoms with E-state index in [4.69, 9.17) is 26.2 Å². The highest BCUT2D eigenvalue weighted by Crippen LogP contribution is 2.36. The van der Waals surface area contributed by atoms with Crippen LogP contribution in [0.1, 0.15) is 30.1 Å². The molecule has 2 N–H and O–H groups in total. The molecule has 0 aliphatic rings. The largest absolute Gasteiger partial charge is 0.493 e. The highest BCUT2D eigenvalue weighted by molar-refractivity contribution is 6.32. The van der Waals surface area contributed by atoms with Gasteiger partial charge in [0.2, 0.25) is 0 Å². The van der Waals surface area contributed by atoms with Crippen LogP contribution in [-0.4, -0.2) is 37.2 Å². The molecule has 0 heterocycles. The number of hydrogen-bond acceptors (Lipinski definition) is 4. The first kappa shape index (κ1) is 17.1. The zero-order valence-corrected chi connectivity index (χ0v) is 12.7. The third kappa shape index (κ3) is 5.15. The summed E-state index contributed by atoms with van der Waals surface area (Å²) >= 11 is 6.10. The van der Waals surface area contributed by atoms with Crippen molar-refractivity contribution in [1.29, 1.82) is 0 Å². The van der Waals surface area contributed by atoms with Crippen LogP contribution in [0, 0.1) is 0 Å². The predicted octanol–water partition coefficient (Wildman–Crippen LogP) is 2.34. The van der Waals surface area contributed by atoms with E-state index in [9.17, 15) is 9.59 Å². The van der Waals surface area contributed by atoms with Gasteiger partial charge in [0.05, 0.1) is 18.7 Å². The maximum atomic E-state index is 11.8. The Labute approximate surface area is 128 Å². The van der Waals surface area contributed by atoms with E-state index in [0.717, 1.165) is 12.8 Å². The zero-order valence-electron chi connectivity index (χ0n) is 11.9. The number of carbonyl (C=O) groups excluding carboxylic acids is 1. The van der Waals surface area contributed by atoms with Crippen LogP contribution in [0.25, 0.3) is 0 Å². The van der Waals surface area contributed by atoms with Gasteiger partial charge in [-0.25, -0.2) is 0 Å². The molecule has 0 aliphatic carbocycles. The number of amides is 1. The molecule has 1 aromatic rings. The smallest absolute Gasteiger partial charge is 0.322 e. The summed E-state index contributed by atoms with van der Waals surface area (Å²) in [4.78, 5) is 22.3. The number of carbonyl (C=O) groups is 2. The third-order valence-corrected chi connectivity index (χ3v) is 2.92. The number of rotatable bonds is 8. The summed E-state index contributed by atoms with van der Waals surface area (Å²) < 4.78 is 10.7. The highest BCUT2D eigenvalue weighted by Gasteiger charge is 2.16. The fraction of sp³-hybridized carbons (Fsp3) is 0.429. The van der Waals surface area contributed by atoms with Crippen LogP contribution in [0.5, 0.6) is 11.5 Å². The lowest BCUT2D eigenvalue weighted by molar-refractivity contribution is -0.135. The summed E-state index contributed by atoms with van der Waals surface area (Å²) in [6, 6.07) is 2.88. The number of carboxylic acids is 1. The quantitative estimate of drug-likeness (QED) is 0.719. The van der Waals surface area contributed by atoms with E-state index in [0.29, 0.717) is 18.1 Å². The molecule has 1 amide bonds. The Bertz CT molecular complexity index is 518. The lowest BCUT2D eigenvalue weighted by Gasteiger charge is -2.13. The molecule has 1 aromatic carbocycles. The number of methoxy groups -OCH3 is 1. The first-order valence-electron chi connectivity index (χ1n) is 6.49. The maximum absolute atomic E-state index is 11.8. The molecule has 0 saturated heterocycles. The molecule has 0 atom stereocenters. The van der Waals surface area contributed by atoms with Gasteiger partial charge < -0.3 is 19.9 Å². The van der Waals surface area contributed by atoms with Crippen LogP contribution in [0.2, 0.25) is 5.02 Å². The molecular formula is C14H18ClNO5. The molecule has 21 heavy (non-hydrogen) atoms. The van der Waals surface area contributed by atoms with Crippen molar-refractivity contribution in [2.45, 2.75) is 19.8 Å². The summed E-state index contributed by atoms with van der Waals surface area (Å²) in [5.74, 6) is -0.958. The summed E-state index contributed by atoms with van der Waals surface area (Å²) in [6.45, 7) is 2.07. The second-order valence-corrected chi connectivity index (χ2v) is 4.68. The molecule has 0 unspecified atom stereocenters. The number of carboxylic acid groups (broad SMARTS) is 1. The lowest BCUT2D eigenvalue weighted by atomic mass is 10.2. The van der Waals surface area contributed by atoms with Crippen molar-refractivity contribution in [3.63, 3.8) is 0 Å². The Kier molecular flexibility index (Phi) is 6.81. The minimum atomic E-state index is -1.12. The second kappa shape index (κ2) is 8.36. The SMILES string of the molecule is CCCCOc1c(Cl)cc(C(=O)NCC(=O)O)cc1OC. The van der Waals surface area contributed by atoms with Crippen molar-refractivity contribution in [1.82, 2.24) is 5.32 Å². The van der Waals surface area contributed by atoms with Crippen molar-refractivity contribution in [3.8, 4) is 11.5 Å². The van der Waals surface area contributed by atoms with Gasteiger partial charge >= 0.3 is 5.97 Å². The molecule has 0 aliphatic heterocycles. The van der Waals surface area contributed by atoms with E-state index in [2.05, 4.69) is 5.32 Å². The number of halogens is 1. The molecule has 7 heteroatoms. The van der Waals surface area contributed by atoms with E-state index in [1.807, 2.05) is 6.92 Å². The molecule has 0 fully saturated rings. The van der Waals surface area contributed by atoms with E-state index >= 15 is 0 Å². The van der Waals surface area contributed by atoms with Crippen LogP contribution >= 0.6 is 11.6 Å². The van der Waals surface area contributed by atoms with Crippen molar-refractivity contribution in [3.05, 3.63) is 22.7 Å². The third-order valence-electron chi connectivity index (χ3n) is 2.64. The van der Waals surface area contributed by atoms with Crippen molar-refractivity contribution in [2.75, 3.05) is 20.3 Å². The van der Waals surface area contributed by atoms with Gasteiger partial charge in [0.1, 0.15) is 6.54 Å². The standard InChI is InChI=1S/C14H18ClNO5/c1-3-4-5-21-13-10(15)6-9(7-11(13)20-2)14(19)16-8-12(17)18/h6-7H,3-5,8H2,1-2H3,(H,16,19)(H,17,18). The molecule has 0 radical (unpaired) electrons. The number of hydrogen-bond donors (Lipinski definition) is 2. The van der Waals surface area contributed by atoms with Gasteiger partial charge in [0, 0.05) is 5.56 Å². The Hall–Kier alpha value is -1.95. The first-order valence-corrected chi connectivity index (χ1v) is 6.87. The van der Waals surface area contributed by atoms with Crippen LogP contribution in [0.15, 0.2) is 12.1 Å². The summed E-state index contributed by atoms with van der Waals surface area (Å²) in [6.07, 6.45) is 1.86. The summed E-state index contributed by atoms with van der Waals surface area (Å²) in [7, 11) is 1.44. The average molecular weight is 316 g/mol. The summed E-state index contributed by atoms with van der Waals surface area (Å²) in [5.41, 5.74) is 0.209. The Morgan fingerprint density at radius 2 is 2.10 bits per heavy atom. The van der Waals surface area contributed by atoms with Crippen molar-refractivity contribution >= 4 is 23.5 Å². The van der Waals surface area contributed by atoms with Gasteiger partial charge in [-0.05, 0) is 18.6 Å². The predicted molar refractivity (Wildman–Crippen MR) is 78.4 cm³/mol. The fourth-order valence-electron chi connectivity index (χ4n) is 1.57. The van der Waals surface area contributed by atoms with Gasteiger partial charge in [-0.15, -0.1) is 0 Å². The van der Waals surface area contributed by atoms with E-state index in [1.54, 1.807) is 0 Å². The Balaban J connectivity index is 2.91. The molecule has 1 rings (SSSR count). The van der Waals surface area contributed by atoms with Crippen molar-refractivity contribution < 1.29 is 24.2 Å². The Morgan fingerprint density at radius 1 is 1.38 bits per heavy atom. The van der Waals surface area contributed by atoms with Gasteiger partial charge in [0.25, 0.3) is 5.91 Å². The number of ether oxygens (including phenoxy) is 2. The minimum Gasteiger partial charge on any atom is -0.493 e. The number of aliphatic carboxylic acids is 1. The van der Waals surface area contributed by atoms with Crippen molar-refractivity contribution in [2.24, 2.45) is 0 Å². The van der Waals surface area contributed by atoms with Crippen LogP contribution in [0.3, 0.4) is 0 Å². The monoisotopic (exact) mass is 315 g/mol. The average Bonchev–Trinajstić information content (AvgIpc) is 2.45. The molecular weight excluding hydrogens is 298 g/mol. The van der Waals surface area contributed by atoms with Gasteiger partial charge in [-0.2, -0.15) is 0 Å². The molecule has 0 bridgehead atoms. The first-order chi connectivity index (χ1) is 9.99. The number of benzene rings is 1. The highest BCUT2D eigenvalue weighted by atomic mass is 35.5. The fourth-order valence-corrected chi connectivity index (χ4v) is 1.83. The molecule has 116 valence electrons. The Morgan fingerprint density at radius 3 is 2.67 bits per heavy atom. The van der Waals surface area contributed by atoms with E-state index < -0.39 is 18.4 Å². The van der Waals surface area contributed by atoms with E-state index in [1.165, 1.54) is 19.2 Å².